The van der Waals surface area contributed by atoms with Crippen LogP contribution in [0.15, 0.2) is 16.7 Å². The van der Waals surface area contributed by atoms with Gasteiger partial charge >= 0.3 is 0 Å². The summed E-state index contributed by atoms with van der Waals surface area (Å²) in [7, 11) is 0. The molecule has 1 saturated heterocycles. The second-order valence-electron chi connectivity index (χ2n) is 4.13. The van der Waals surface area contributed by atoms with Crippen molar-refractivity contribution in [2.45, 2.75) is 6.42 Å². The lowest BCUT2D eigenvalue weighted by Gasteiger charge is -2.11. The number of hydrazine groups is 1. The summed E-state index contributed by atoms with van der Waals surface area (Å²) in [6.45, 7) is 2.09. The molecule has 1 fully saturated rings. The van der Waals surface area contributed by atoms with Crippen molar-refractivity contribution in [3.8, 4) is 0 Å². The zero-order chi connectivity index (χ0) is 13.0. The molecule has 1 aromatic heterocycles. The number of carbonyl (C=O) groups is 1. The smallest absolute Gasteiger partial charge is 0.255 e. The van der Waals surface area contributed by atoms with Crippen LogP contribution in [0.4, 0.5) is 5.82 Å². The first-order valence-corrected chi connectivity index (χ1v) is 6.48. The molecule has 4 N–H and O–H groups in total. The van der Waals surface area contributed by atoms with Crippen LogP contribution in [0.5, 0.6) is 0 Å². The third-order valence-electron chi connectivity index (χ3n) is 2.81. The summed E-state index contributed by atoms with van der Waals surface area (Å²) < 4.78 is 5.99. The van der Waals surface area contributed by atoms with Gasteiger partial charge < -0.3 is 15.5 Å². The van der Waals surface area contributed by atoms with Gasteiger partial charge in [-0.15, -0.1) is 0 Å². The number of nitrogens with zero attached hydrogens (tertiary/aromatic N) is 1. The molecule has 0 saturated carbocycles. The van der Waals surface area contributed by atoms with Crippen molar-refractivity contribution in [3.63, 3.8) is 0 Å². The molecule has 2 heterocycles. The molecule has 98 valence electrons. The number of rotatable bonds is 4. The van der Waals surface area contributed by atoms with Gasteiger partial charge in [-0.3, -0.25) is 4.79 Å². The zero-order valence-corrected chi connectivity index (χ0v) is 11.4. The Morgan fingerprint density at radius 2 is 2.50 bits per heavy atom. The minimum atomic E-state index is -0.191. The predicted molar refractivity (Wildman–Crippen MR) is 71.0 cm³/mol. The second-order valence-corrected chi connectivity index (χ2v) is 5.05. The minimum absolute atomic E-state index is 0.191. The molecule has 0 spiro atoms. The van der Waals surface area contributed by atoms with Crippen molar-refractivity contribution in [2.75, 3.05) is 25.2 Å². The Hall–Kier alpha value is -1.18. The lowest BCUT2D eigenvalue weighted by molar-refractivity contribution is 0.0945. The molecule has 0 radical (unpaired) electrons. The molecule has 1 atom stereocenters. The largest absolute Gasteiger partial charge is 0.381 e. The molecule has 1 aliphatic rings. The van der Waals surface area contributed by atoms with Gasteiger partial charge in [0.05, 0.1) is 12.2 Å². The van der Waals surface area contributed by atoms with Gasteiger partial charge in [0.15, 0.2) is 5.82 Å². The second kappa shape index (κ2) is 6.12. The van der Waals surface area contributed by atoms with E-state index in [0.29, 0.717) is 30.5 Å². The maximum Gasteiger partial charge on any atom is 0.255 e. The molecular weight excluding hydrogens is 300 g/mol. The normalized spacial score (nSPS) is 18.7. The summed E-state index contributed by atoms with van der Waals surface area (Å²) in [5.74, 6) is 5.89. The molecule has 2 rings (SSSR count). The van der Waals surface area contributed by atoms with Gasteiger partial charge in [-0.2, -0.15) is 0 Å². The van der Waals surface area contributed by atoms with E-state index in [1.807, 2.05) is 0 Å². The fourth-order valence-corrected chi connectivity index (χ4v) is 2.14. The summed E-state index contributed by atoms with van der Waals surface area (Å²) >= 11 is 3.28. The molecule has 0 aliphatic carbocycles. The number of nitrogens with one attached hydrogen (secondary N) is 2. The van der Waals surface area contributed by atoms with Gasteiger partial charge in [0, 0.05) is 29.7 Å². The van der Waals surface area contributed by atoms with Gasteiger partial charge in [0.2, 0.25) is 0 Å². The van der Waals surface area contributed by atoms with E-state index in [-0.39, 0.29) is 5.91 Å². The van der Waals surface area contributed by atoms with E-state index in [9.17, 15) is 4.79 Å². The Morgan fingerprint density at radius 3 is 3.17 bits per heavy atom. The average molecular weight is 315 g/mol. The molecule has 0 bridgehead atoms. The Bertz CT molecular complexity index is 435. The van der Waals surface area contributed by atoms with Crippen LogP contribution in [0.2, 0.25) is 0 Å². The summed E-state index contributed by atoms with van der Waals surface area (Å²) in [4.78, 5) is 16.1. The van der Waals surface area contributed by atoms with Gasteiger partial charge in [-0.05, 0) is 28.4 Å². The molecule has 1 aromatic rings. The molecule has 0 aromatic carbocycles. The van der Waals surface area contributed by atoms with Gasteiger partial charge in [0.1, 0.15) is 0 Å². The summed E-state index contributed by atoms with van der Waals surface area (Å²) in [6, 6.07) is 1.68. The highest BCUT2D eigenvalue weighted by Crippen LogP contribution is 2.17. The Balaban J connectivity index is 2.00. The van der Waals surface area contributed by atoms with E-state index < -0.39 is 0 Å². The fourth-order valence-electron chi connectivity index (χ4n) is 1.80. The van der Waals surface area contributed by atoms with Gasteiger partial charge in [-0.25, -0.2) is 10.8 Å². The van der Waals surface area contributed by atoms with Gasteiger partial charge in [-0.1, -0.05) is 0 Å². The quantitative estimate of drug-likeness (QED) is 0.567. The van der Waals surface area contributed by atoms with Crippen LogP contribution in [0.25, 0.3) is 0 Å². The monoisotopic (exact) mass is 314 g/mol. The number of anilines is 1. The molecule has 1 amide bonds. The first-order chi connectivity index (χ1) is 8.70. The number of amides is 1. The number of pyridine rings is 1. The highest BCUT2D eigenvalue weighted by Gasteiger charge is 2.18. The maximum atomic E-state index is 12.0. The van der Waals surface area contributed by atoms with Crippen molar-refractivity contribution < 1.29 is 9.53 Å². The van der Waals surface area contributed by atoms with Gasteiger partial charge in [0.25, 0.3) is 5.91 Å². The van der Waals surface area contributed by atoms with Crippen LogP contribution < -0.4 is 16.6 Å². The van der Waals surface area contributed by atoms with E-state index in [4.69, 9.17) is 10.6 Å². The van der Waals surface area contributed by atoms with Crippen LogP contribution in [-0.2, 0) is 4.74 Å². The Labute approximate surface area is 113 Å². The number of hydrogen-bond donors (Lipinski definition) is 3. The van der Waals surface area contributed by atoms with Crippen LogP contribution in [0.3, 0.4) is 0 Å². The first kappa shape index (κ1) is 13.3. The van der Waals surface area contributed by atoms with E-state index in [1.54, 1.807) is 12.3 Å². The lowest BCUT2D eigenvalue weighted by Crippen LogP contribution is -2.30. The highest BCUT2D eigenvalue weighted by atomic mass is 79.9. The van der Waals surface area contributed by atoms with E-state index in [1.165, 1.54) is 0 Å². The van der Waals surface area contributed by atoms with E-state index in [2.05, 4.69) is 31.7 Å². The first-order valence-electron chi connectivity index (χ1n) is 5.69. The highest BCUT2D eigenvalue weighted by molar-refractivity contribution is 9.10. The average Bonchev–Trinajstić information content (AvgIpc) is 2.89. The molecule has 7 heteroatoms. The zero-order valence-electron chi connectivity index (χ0n) is 9.78. The van der Waals surface area contributed by atoms with E-state index >= 15 is 0 Å². The Morgan fingerprint density at radius 1 is 1.67 bits per heavy atom. The van der Waals surface area contributed by atoms with Crippen molar-refractivity contribution in [1.82, 2.24) is 10.3 Å². The number of nitrogens with two attached hydrogens (primary N) is 1. The maximum absolute atomic E-state index is 12.0. The molecule has 6 nitrogen and oxygen atoms in total. The number of ether oxygens (including phenoxy) is 1. The number of aromatic nitrogens is 1. The van der Waals surface area contributed by atoms with Crippen LogP contribution in [0.1, 0.15) is 16.8 Å². The standard InChI is InChI=1S/C11H15BrN4O2/c12-8-3-9(10(16-13)14-5-8)11(17)15-4-7-1-2-18-6-7/h3,5,7H,1-2,4,6,13H2,(H,14,16)(H,15,17). The number of nitrogen functional groups attached to an aromatic ring is 1. The van der Waals surface area contributed by atoms with Crippen molar-refractivity contribution in [3.05, 3.63) is 22.3 Å². The Kier molecular flexibility index (Phi) is 4.51. The van der Waals surface area contributed by atoms with Crippen molar-refractivity contribution in [1.29, 1.82) is 0 Å². The van der Waals surface area contributed by atoms with Crippen molar-refractivity contribution >= 4 is 27.7 Å². The number of hydrogen-bond acceptors (Lipinski definition) is 5. The molecule has 1 unspecified atom stereocenters. The molecule has 1 aliphatic heterocycles. The summed E-state index contributed by atoms with van der Waals surface area (Å²) in [5, 5.41) is 2.87. The van der Waals surface area contributed by atoms with Crippen LogP contribution in [0, 0.1) is 5.92 Å². The minimum Gasteiger partial charge on any atom is -0.381 e. The number of halogens is 1. The molecule has 18 heavy (non-hydrogen) atoms. The third kappa shape index (κ3) is 3.18. The van der Waals surface area contributed by atoms with Crippen molar-refractivity contribution in [2.24, 2.45) is 11.8 Å². The number of carbonyl (C=O) groups excluding carboxylic acids is 1. The third-order valence-corrected chi connectivity index (χ3v) is 3.24. The van der Waals surface area contributed by atoms with Crippen LogP contribution >= 0.6 is 15.9 Å². The fraction of sp³-hybridized carbons (Fsp3) is 0.455. The predicted octanol–water partition coefficient (Wildman–Crippen LogP) is 0.896. The summed E-state index contributed by atoms with van der Waals surface area (Å²) in [5.41, 5.74) is 2.84. The summed E-state index contributed by atoms with van der Waals surface area (Å²) in [6.07, 6.45) is 2.57. The lowest BCUT2D eigenvalue weighted by atomic mass is 10.1. The topological polar surface area (TPSA) is 89.3 Å². The molecular formula is C11H15BrN4O2. The SMILES string of the molecule is NNc1ncc(Br)cc1C(=O)NCC1CCOC1. The van der Waals surface area contributed by atoms with Crippen LogP contribution in [-0.4, -0.2) is 30.6 Å². The van der Waals surface area contributed by atoms with E-state index in [0.717, 1.165) is 17.5 Å².